The van der Waals surface area contributed by atoms with Crippen molar-refractivity contribution >= 4 is 17.8 Å². The molecule has 1 fully saturated rings. The molecule has 120 valence electrons. The lowest BCUT2D eigenvalue weighted by atomic mass is 10.1. The molecule has 1 heterocycles. The Morgan fingerprint density at radius 2 is 1.86 bits per heavy atom. The minimum Gasteiger partial charge on any atom is -0.465 e. The molecule has 1 unspecified atom stereocenters. The Hall–Kier alpha value is -2.31. The average Bonchev–Trinajstić information content (AvgIpc) is 3.22. The van der Waals surface area contributed by atoms with Crippen LogP contribution in [0.25, 0.3) is 0 Å². The van der Waals surface area contributed by atoms with Crippen LogP contribution in [0, 0.1) is 13.8 Å². The van der Waals surface area contributed by atoms with E-state index in [4.69, 9.17) is 4.74 Å². The van der Waals surface area contributed by atoms with Crippen LogP contribution >= 0.6 is 0 Å². The first kappa shape index (κ1) is 16.1. The van der Waals surface area contributed by atoms with E-state index in [1.807, 2.05) is 0 Å². The summed E-state index contributed by atoms with van der Waals surface area (Å²) >= 11 is 0. The zero-order chi connectivity index (χ0) is 16.4. The first-order valence-electron chi connectivity index (χ1n) is 7.14. The van der Waals surface area contributed by atoms with E-state index in [9.17, 15) is 14.4 Å². The lowest BCUT2D eigenvalue weighted by molar-refractivity contribution is -0.129. The van der Waals surface area contributed by atoms with Crippen molar-refractivity contribution in [1.82, 2.24) is 10.3 Å². The molecule has 1 amide bonds. The number of rotatable bonds is 5. The van der Waals surface area contributed by atoms with Gasteiger partial charge in [0.15, 0.2) is 6.10 Å². The quantitative estimate of drug-likeness (QED) is 0.798. The molecule has 2 N–H and O–H groups in total. The fourth-order valence-corrected chi connectivity index (χ4v) is 2.18. The summed E-state index contributed by atoms with van der Waals surface area (Å²) in [6.45, 7) is 4.81. The van der Waals surface area contributed by atoms with Gasteiger partial charge in [-0.3, -0.25) is 4.79 Å². The fourth-order valence-electron chi connectivity index (χ4n) is 2.18. The van der Waals surface area contributed by atoms with E-state index in [0.717, 1.165) is 12.8 Å². The van der Waals surface area contributed by atoms with E-state index in [1.165, 1.54) is 14.0 Å². The molecule has 22 heavy (non-hydrogen) atoms. The second kappa shape index (κ2) is 6.21. The molecule has 1 aromatic heterocycles. The zero-order valence-corrected chi connectivity index (χ0v) is 13.1. The molecule has 0 aliphatic heterocycles. The van der Waals surface area contributed by atoms with Crippen molar-refractivity contribution in [2.24, 2.45) is 0 Å². The first-order chi connectivity index (χ1) is 10.3. The van der Waals surface area contributed by atoms with Crippen LogP contribution in [0.15, 0.2) is 0 Å². The number of carbonyl (C=O) groups is 3. The highest BCUT2D eigenvalue weighted by atomic mass is 16.5. The Morgan fingerprint density at radius 1 is 1.23 bits per heavy atom. The summed E-state index contributed by atoms with van der Waals surface area (Å²) in [5.41, 5.74) is 1.43. The Bertz CT molecular complexity index is 616. The maximum Gasteiger partial charge on any atom is 0.355 e. The number of methoxy groups -OCH3 is 1. The van der Waals surface area contributed by atoms with Crippen molar-refractivity contribution in [3.63, 3.8) is 0 Å². The molecule has 1 atom stereocenters. The third kappa shape index (κ3) is 3.29. The Labute approximate surface area is 128 Å². The van der Waals surface area contributed by atoms with Crippen molar-refractivity contribution < 1.29 is 23.9 Å². The molecular weight excluding hydrogens is 288 g/mol. The molecular formula is C15H20N2O5. The number of aromatic amines is 1. The number of hydrogen-bond donors (Lipinski definition) is 2. The summed E-state index contributed by atoms with van der Waals surface area (Å²) in [5.74, 6) is -1.51. The van der Waals surface area contributed by atoms with E-state index in [1.54, 1.807) is 13.8 Å². The number of nitrogens with one attached hydrogen (secondary N) is 2. The normalized spacial score (nSPS) is 15.1. The molecule has 1 saturated carbocycles. The average molecular weight is 308 g/mol. The summed E-state index contributed by atoms with van der Waals surface area (Å²) < 4.78 is 9.84. The van der Waals surface area contributed by atoms with Gasteiger partial charge in [-0.1, -0.05) is 0 Å². The van der Waals surface area contributed by atoms with Gasteiger partial charge in [0.1, 0.15) is 5.69 Å². The van der Waals surface area contributed by atoms with Gasteiger partial charge in [0.25, 0.3) is 5.91 Å². The van der Waals surface area contributed by atoms with Crippen LogP contribution < -0.4 is 5.32 Å². The number of aryl methyl sites for hydroxylation is 1. The summed E-state index contributed by atoms with van der Waals surface area (Å²) in [6, 6.07) is 0.203. The van der Waals surface area contributed by atoms with Gasteiger partial charge in [0, 0.05) is 11.7 Å². The molecule has 7 heteroatoms. The Kier molecular flexibility index (Phi) is 4.54. The maximum atomic E-state index is 12.2. The molecule has 1 aliphatic carbocycles. The number of carbonyl (C=O) groups excluding carboxylic acids is 3. The number of H-pyrrole nitrogens is 1. The smallest absolute Gasteiger partial charge is 0.355 e. The lowest BCUT2D eigenvalue weighted by Crippen LogP contribution is -2.37. The zero-order valence-electron chi connectivity index (χ0n) is 13.1. The van der Waals surface area contributed by atoms with Gasteiger partial charge in [-0.25, -0.2) is 9.59 Å². The summed E-state index contributed by atoms with van der Waals surface area (Å²) in [7, 11) is 1.27. The van der Waals surface area contributed by atoms with E-state index in [2.05, 4.69) is 15.0 Å². The van der Waals surface area contributed by atoms with E-state index < -0.39 is 18.0 Å². The van der Waals surface area contributed by atoms with Crippen molar-refractivity contribution in [2.75, 3.05) is 7.11 Å². The highest BCUT2D eigenvalue weighted by molar-refractivity contribution is 5.99. The highest BCUT2D eigenvalue weighted by Crippen LogP contribution is 2.21. The third-order valence-corrected chi connectivity index (χ3v) is 3.61. The highest BCUT2D eigenvalue weighted by Gasteiger charge is 2.29. The molecule has 7 nitrogen and oxygen atoms in total. The van der Waals surface area contributed by atoms with Gasteiger partial charge in [-0.05, 0) is 39.2 Å². The second-order valence-corrected chi connectivity index (χ2v) is 5.45. The van der Waals surface area contributed by atoms with Crippen molar-refractivity contribution in [3.8, 4) is 0 Å². The van der Waals surface area contributed by atoms with Crippen LogP contribution in [0.5, 0.6) is 0 Å². The van der Waals surface area contributed by atoms with Crippen molar-refractivity contribution in [1.29, 1.82) is 0 Å². The molecule has 0 spiro atoms. The van der Waals surface area contributed by atoms with E-state index >= 15 is 0 Å². The second-order valence-electron chi connectivity index (χ2n) is 5.45. The molecule has 0 bridgehead atoms. The number of ether oxygens (including phenoxy) is 2. The van der Waals surface area contributed by atoms with Crippen LogP contribution in [0.2, 0.25) is 0 Å². The van der Waals surface area contributed by atoms with Gasteiger partial charge in [-0.15, -0.1) is 0 Å². The molecule has 2 rings (SSSR count). The molecule has 0 saturated heterocycles. The summed E-state index contributed by atoms with van der Waals surface area (Å²) in [5, 5.41) is 2.77. The van der Waals surface area contributed by atoms with E-state index in [0.29, 0.717) is 16.8 Å². The van der Waals surface area contributed by atoms with Crippen LogP contribution in [0.3, 0.4) is 0 Å². The number of aromatic nitrogens is 1. The minimum atomic E-state index is -0.891. The third-order valence-electron chi connectivity index (χ3n) is 3.61. The largest absolute Gasteiger partial charge is 0.465 e. The van der Waals surface area contributed by atoms with Crippen LogP contribution in [0.4, 0.5) is 0 Å². The molecule has 1 aliphatic rings. The maximum absolute atomic E-state index is 12.2. The van der Waals surface area contributed by atoms with Crippen molar-refractivity contribution in [3.05, 3.63) is 22.5 Å². The van der Waals surface area contributed by atoms with Crippen molar-refractivity contribution in [2.45, 2.75) is 45.8 Å². The van der Waals surface area contributed by atoms with Gasteiger partial charge >= 0.3 is 11.9 Å². The number of esters is 2. The number of hydrogen-bond acceptors (Lipinski definition) is 5. The first-order valence-corrected chi connectivity index (χ1v) is 7.14. The summed E-state index contributed by atoms with van der Waals surface area (Å²) in [6.07, 6.45) is 1.03. The minimum absolute atomic E-state index is 0.156. The topological polar surface area (TPSA) is 97.5 Å². The SMILES string of the molecule is COC(=O)c1c(C)[nH]c(C(=O)OC(C)C(=O)NC2CC2)c1C. The van der Waals surface area contributed by atoms with Gasteiger partial charge in [0.2, 0.25) is 0 Å². The van der Waals surface area contributed by atoms with Crippen LogP contribution in [-0.4, -0.2) is 42.1 Å². The van der Waals surface area contributed by atoms with Gasteiger partial charge in [-0.2, -0.15) is 0 Å². The fraction of sp³-hybridized carbons (Fsp3) is 0.533. The predicted molar refractivity (Wildman–Crippen MR) is 77.6 cm³/mol. The van der Waals surface area contributed by atoms with Gasteiger partial charge < -0.3 is 19.8 Å². The Balaban J connectivity index is 2.09. The van der Waals surface area contributed by atoms with E-state index in [-0.39, 0.29) is 17.6 Å². The van der Waals surface area contributed by atoms with Crippen LogP contribution in [-0.2, 0) is 14.3 Å². The Morgan fingerprint density at radius 3 is 2.41 bits per heavy atom. The monoisotopic (exact) mass is 308 g/mol. The molecule has 1 aromatic rings. The summed E-state index contributed by atoms with van der Waals surface area (Å²) in [4.78, 5) is 38.5. The number of amides is 1. The lowest BCUT2D eigenvalue weighted by Gasteiger charge is -2.13. The predicted octanol–water partition coefficient (Wildman–Crippen LogP) is 1.24. The molecule has 0 aromatic carbocycles. The standard InChI is InChI=1S/C15H20N2O5/c1-7-11(14(19)21-4)8(2)16-12(7)15(20)22-9(3)13(18)17-10-5-6-10/h9-10,16H,5-6H2,1-4H3,(H,17,18). The van der Waals surface area contributed by atoms with Crippen LogP contribution in [0.1, 0.15) is 51.9 Å². The molecule has 0 radical (unpaired) electrons. The van der Waals surface area contributed by atoms with Gasteiger partial charge in [0.05, 0.1) is 12.7 Å².